The molecule has 76 valence electrons. The Hall–Kier alpha value is -1.02. The number of nitrogens with two attached hydrogens (primary N) is 1. The Morgan fingerprint density at radius 3 is 2.64 bits per heavy atom. The molecule has 2 nitrogen and oxygen atoms in total. The third-order valence-corrected chi connectivity index (χ3v) is 3.31. The second-order valence-corrected chi connectivity index (χ2v) is 4.18. The van der Waals surface area contributed by atoms with Crippen LogP contribution < -0.4 is 5.73 Å². The summed E-state index contributed by atoms with van der Waals surface area (Å²) in [5.74, 6) is 0. The highest BCUT2D eigenvalue weighted by atomic mass is 15.2. The number of nitrogens with zero attached hydrogens (tertiary/aromatic N) is 1. The fourth-order valence-electron chi connectivity index (χ4n) is 2.18. The van der Waals surface area contributed by atoms with Crippen LogP contribution in [-0.2, 0) is 0 Å². The molecule has 1 heterocycles. The van der Waals surface area contributed by atoms with Crippen molar-refractivity contribution in [3.05, 3.63) is 29.8 Å². The van der Waals surface area contributed by atoms with Crippen LogP contribution in [0.15, 0.2) is 24.3 Å². The highest BCUT2D eigenvalue weighted by Gasteiger charge is 2.29. The number of para-hydroxylation sites is 1. The van der Waals surface area contributed by atoms with Gasteiger partial charge >= 0.3 is 0 Å². The van der Waals surface area contributed by atoms with Crippen LogP contribution in [0, 0.1) is 0 Å². The van der Waals surface area contributed by atoms with Gasteiger partial charge in [0.2, 0.25) is 0 Å². The van der Waals surface area contributed by atoms with Crippen LogP contribution in [0.25, 0.3) is 0 Å². The standard InChI is InChI=1S/C12H18N2/c1-9-7-8-14(9)10(2)11-5-3-4-6-12(11)13/h3-6,9-10H,7-8,13H2,1-2H3. The van der Waals surface area contributed by atoms with E-state index in [1.165, 1.54) is 18.5 Å². The summed E-state index contributed by atoms with van der Waals surface area (Å²) in [7, 11) is 0. The van der Waals surface area contributed by atoms with Crippen molar-refractivity contribution in [1.29, 1.82) is 0 Å². The van der Waals surface area contributed by atoms with Gasteiger partial charge in [-0.2, -0.15) is 0 Å². The van der Waals surface area contributed by atoms with Crippen molar-refractivity contribution in [2.45, 2.75) is 32.4 Å². The number of rotatable bonds is 2. The molecule has 2 rings (SSSR count). The fourth-order valence-corrected chi connectivity index (χ4v) is 2.18. The number of nitrogen functional groups attached to an aromatic ring is 1. The van der Waals surface area contributed by atoms with E-state index in [-0.39, 0.29) is 0 Å². The smallest absolute Gasteiger partial charge is 0.0362 e. The number of benzene rings is 1. The molecule has 1 aliphatic rings. The van der Waals surface area contributed by atoms with E-state index < -0.39 is 0 Å². The Balaban J connectivity index is 2.18. The molecule has 0 saturated carbocycles. The first-order valence-electron chi connectivity index (χ1n) is 5.30. The molecule has 1 fully saturated rings. The zero-order valence-electron chi connectivity index (χ0n) is 8.90. The molecule has 1 aliphatic heterocycles. The van der Waals surface area contributed by atoms with Crippen molar-refractivity contribution >= 4 is 5.69 Å². The molecular formula is C12H18N2. The summed E-state index contributed by atoms with van der Waals surface area (Å²) >= 11 is 0. The van der Waals surface area contributed by atoms with Gasteiger partial charge in [-0.05, 0) is 31.9 Å². The lowest BCUT2D eigenvalue weighted by molar-refractivity contribution is 0.0608. The molecule has 0 aliphatic carbocycles. The van der Waals surface area contributed by atoms with Crippen LogP contribution in [-0.4, -0.2) is 17.5 Å². The molecule has 2 atom stereocenters. The van der Waals surface area contributed by atoms with Gasteiger partial charge in [-0.1, -0.05) is 18.2 Å². The maximum Gasteiger partial charge on any atom is 0.0362 e. The molecule has 1 aromatic carbocycles. The third kappa shape index (κ3) is 1.50. The maximum absolute atomic E-state index is 5.96. The molecule has 2 heteroatoms. The Labute approximate surface area is 85.7 Å². The van der Waals surface area contributed by atoms with E-state index in [1.807, 2.05) is 12.1 Å². The minimum Gasteiger partial charge on any atom is -0.398 e. The summed E-state index contributed by atoms with van der Waals surface area (Å²) < 4.78 is 0. The first-order chi connectivity index (χ1) is 6.70. The van der Waals surface area contributed by atoms with Gasteiger partial charge in [-0.25, -0.2) is 0 Å². The van der Waals surface area contributed by atoms with Gasteiger partial charge in [-0.15, -0.1) is 0 Å². The van der Waals surface area contributed by atoms with E-state index in [1.54, 1.807) is 0 Å². The van der Waals surface area contributed by atoms with Crippen LogP contribution in [0.5, 0.6) is 0 Å². The zero-order valence-corrected chi connectivity index (χ0v) is 8.90. The minimum absolute atomic E-state index is 0.458. The summed E-state index contributed by atoms with van der Waals surface area (Å²) in [6, 6.07) is 9.34. The summed E-state index contributed by atoms with van der Waals surface area (Å²) in [5.41, 5.74) is 8.14. The lowest BCUT2D eigenvalue weighted by Crippen LogP contribution is -2.46. The highest BCUT2D eigenvalue weighted by molar-refractivity contribution is 5.48. The second kappa shape index (κ2) is 3.62. The predicted molar refractivity (Wildman–Crippen MR) is 60.1 cm³/mol. The largest absolute Gasteiger partial charge is 0.398 e. The van der Waals surface area contributed by atoms with Crippen molar-refractivity contribution < 1.29 is 0 Å². The summed E-state index contributed by atoms with van der Waals surface area (Å²) in [5, 5.41) is 0. The summed E-state index contributed by atoms with van der Waals surface area (Å²) in [4.78, 5) is 2.49. The van der Waals surface area contributed by atoms with Crippen LogP contribution in [0.4, 0.5) is 5.69 Å². The molecule has 1 aromatic rings. The van der Waals surface area contributed by atoms with Gasteiger partial charge in [-0.3, -0.25) is 4.90 Å². The lowest BCUT2D eigenvalue weighted by atomic mass is 9.97. The summed E-state index contributed by atoms with van der Waals surface area (Å²) in [6.45, 7) is 5.72. The minimum atomic E-state index is 0.458. The molecular weight excluding hydrogens is 172 g/mol. The van der Waals surface area contributed by atoms with Crippen LogP contribution in [0.1, 0.15) is 31.9 Å². The summed E-state index contributed by atoms with van der Waals surface area (Å²) in [6.07, 6.45) is 1.32. The van der Waals surface area contributed by atoms with Crippen LogP contribution in [0.3, 0.4) is 0 Å². The van der Waals surface area contributed by atoms with Gasteiger partial charge in [0.25, 0.3) is 0 Å². The van der Waals surface area contributed by atoms with E-state index in [2.05, 4.69) is 30.9 Å². The maximum atomic E-state index is 5.96. The topological polar surface area (TPSA) is 29.3 Å². The average molecular weight is 190 g/mol. The van der Waals surface area contributed by atoms with E-state index in [0.29, 0.717) is 12.1 Å². The highest BCUT2D eigenvalue weighted by Crippen LogP contribution is 2.32. The van der Waals surface area contributed by atoms with E-state index in [4.69, 9.17) is 5.73 Å². The van der Waals surface area contributed by atoms with Crippen molar-refractivity contribution in [2.75, 3.05) is 12.3 Å². The van der Waals surface area contributed by atoms with Crippen LogP contribution >= 0.6 is 0 Å². The van der Waals surface area contributed by atoms with Crippen LogP contribution in [0.2, 0.25) is 0 Å². The van der Waals surface area contributed by atoms with Gasteiger partial charge in [0.1, 0.15) is 0 Å². The molecule has 0 spiro atoms. The number of likely N-dealkylation sites (tertiary alicyclic amines) is 1. The molecule has 14 heavy (non-hydrogen) atoms. The van der Waals surface area contributed by atoms with Gasteiger partial charge in [0, 0.05) is 24.3 Å². The van der Waals surface area contributed by atoms with E-state index in [9.17, 15) is 0 Å². The number of hydrogen-bond acceptors (Lipinski definition) is 2. The first-order valence-corrected chi connectivity index (χ1v) is 5.30. The number of anilines is 1. The first kappa shape index (κ1) is 9.53. The second-order valence-electron chi connectivity index (χ2n) is 4.18. The molecule has 0 amide bonds. The Bertz CT molecular complexity index is 322. The van der Waals surface area contributed by atoms with Crippen molar-refractivity contribution in [3.8, 4) is 0 Å². The Morgan fingerprint density at radius 2 is 2.14 bits per heavy atom. The lowest BCUT2D eigenvalue weighted by Gasteiger charge is -2.43. The molecule has 2 N–H and O–H groups in total. The van der Waals surface area contributed by atoms with Gasteiger partial charge < -0.3 is 5.73 Å². The molecule has 0 bridgehead atoms. The quantitative estimate of drug-likeness (QED) is 0.726. The van der Waals surface area contributed by atoms with Crippen molar-refractivity contribution in [1.82, 2.24) is 4.90 Å². The molecule has 1 saturated heterocycles. The van der Waals surface area contributed by atoms with Gasteiger partial charge in [0.05, 0.1) is 0 Å². The Kier molecular flexibility index (Phi) is 2.46. The van der Waals surface area contributed by atoms with E-state index >= 15 is 0 Å². The molecule has 0 radical (unpaired) electrons. The molecule has 2 unspecified atom stereocenters. The third-order valence-electron chi connectivity index (χ3n) is 3.31. The SMILES string of the molecule is CC1CCN1C(C)c1ccccc1N. The zero-order chi connectivity index (χ0) is 10.1. The molecule has 0 aromatic heterocycles. The monoisotopic (exact) mass is 190 g/mol. The normalized spacial score (nSPS) is 24.3. The number of hydrogen-bond donors (Lipinski definition) is 1. The Morgan fingerprint density at radius 1 is 1.43 bits per heavy atom. The predicted octanol–water partition coefficient (Wildman–Crippen LogP) is 2.42. The van der Waals surface area contributed by atoms with Crippen molar-refractivity contribution in [2.24, 2.45) is 0 Å². The van der Waals surface area contributed by atoms with E-state index in [0.717, 1.165) is 5.69 Å². The van der Waals surface area contributed by atoms with Crippen molar-refractivity contribution in [3.63, 3.8) is 0 Å². The fraction of sp³-hybridized carbons (Fsp3) is 0.500. The van der Waals surface area contributed by atoms with Gasteiger partial charge in [0.15, 0.2) is 0 Å². The average Bonchev–Trinajstić information content (AvgIpc) is 2.16.